The van der Waals surface area contributed by atoms with Gasteiger partial charge in [-0.2, -0.15) is 4.31 Å². The molecule has 0 fully saturated rings. The summed E-state index contributed by atoms with van der Waals surface area (Å²) in [5.41, 5.74) is 5.06. The van der Waals surface area contributed by atoms with Crippen LogP contribution in [0, 0.1) is 11.6 Å². The van der Waals surface area contributed by atoms with Crippen LogP contribution in [0.1, 0.15) is 19.8 Å². The first-order chi connectivity index (χ1) is 9.34. The van der Waals surface area contributed by atoms with Gasteiger partial charge in [0.25, 0.3) is 0 Å². The number of aliphatic hydroxyl groups excluding tert-OH is 1. The maximum atomic E-state index is 13.7. The summed E-state index contributed by atoms with van der Waals surface area (Å²) in [6.07, 6.45) is 1.24. The van der Waals surface area contributed by atoms with E-state index in [1.165, 1.54) is 0 Å². The zero-order valence-corrected chi connectivity index (χ0v) is 12.0. The summed E-state index contributed by atoms with van der Waals surface area (Å²) in [5.74, 6) is -2.47. The highest BCUT2D eigenvalue weighted by atomic mass is 32.2. The summed E-state index contributed by atoms with van der Waals surface area (Å²) < 4.78 is 52.9. The van der Waals surface area contributed by atoms with Gasteiger partial charge in [-0.15, -0.1) is 0 Å². The number of unbranched alkanes of at least 4 members (excludes halogenated alkanes) is 1. The highest BCUT2D eigenvalue weighted by Crippen LogP contribution is 2.25. The SMILES string of the molecule is CCCCN(CCO)S(=O)(=O)c1c(F)cc(N)cc1F. The van der Waals surface area contributed by atoms with E-state index in [0.717, 1.165) is 16.4 Å². The maximum absolute atomic E-state index is 13.7. The van der Waals surface area contributed by atoms with Crippen LogP contribution in [0.15, 0.2) is 17.0 Å². The van der Waals surface area contributed by atoms with Gasteiger partial charge in [0.1, 0.15) is 11.6 Å². The quantitative estimate of drug-likeness (QED) is 0.744. The van der Waals surface area contributed by atoms with Crippen LogP contribution in [-0.4, -0.2) is 37.5 Å². The predicted octanol–water partition coefficient (Wildman–Crippen LogP) is 1.33. The van der Waals surface area contributed by atoms with Crippen LogP contribution < -0.4 is 5.73 Å². The summed E-state index contributed by atoms with van der Waals surface area (Å²) in [5, 5.41) is 8.92. The van der Waals surface area contributed by atoms with Crippen LogP contribution in [0.5, 0.6) is 0 Å². The van der Waals surface area contributed by atoms with Crippen LogP contribution in [0.3, 0.4) is 0 Å². The normalized spacial score (nSPS) is 12.1. The maximum Gasteiger partial charge on any atom is 0.249 e. The van der Waals surface area contributed by atoms with Crippen molar-refractivity contribution in [1.29, 1.82) is 0 Å². The molecule has 5 nitrogen and oxygen atoms in total. The number of aliphatic hydroxyl groups is 1. The van der Waals surface area contributed by atoms with Crippen molar-refractivity contribution < 1.29 is 22.3 Å². The fourth-order valence-electron chi connectivity index (χ4n) is 1.75. The zero-order valence-electron chi connectivity index (χ0n) is 11.1. The summed E-state index contributed by atoms with van der Waals surface area (Å²) in [7, 11) is -4.35. The summed E-state index contributed by atoms with van der Waals surface area (Å²) in [6, 6.07) is 1.51. The van der Waals surface area contributed by atoms with Crippen molar-refractivity contribution in [3.05, 3.63) is 23.8 Å². The fraction of sp³-hybridized carbons (Fsp3) is 0.500. The summed E-state index contributed by atoms with van der Waals surface area (Å²) in [6.45, 7) is 1.30. The minimum atomic E-state index is -4.35. The van der Waals surface area contributed by atoms with Crippen molar-refractivity contribution in [3.8, 4) is 0 Å². The van der Waals surface area contributed by atoms with Gasteiger partial charge in [-0.05, 0) is 18.6 Å². The third-order valence-electron chi connectivity index (χ3n) is 2.73. The van der Waals surface area contributed by atoms with Gasteiger partial charge in [-0.3, -0.25) is 0 Å². The molecule has 0 heterocycles. The van der Waals surface area contributed by atoms with Crippen molar-refractivity contribution in [2.24, 2.45) is 0 Å². The molecule has 0 aliphatic carbocycles. The Morgan fingerprint density at radius 2 is 1.80 bits per heavy atom. The lowest BCUT2D eigenvalue weighted by Crippen LogP contribution is -2.35. The van der Waals surface area contributed by atoms with E-state index >= 15 is 0 Å². The molecular formula is C12H18F2N2O3S. The van der Waals surface area contributed by atoms with E-state index in [-0.39, 0.29) is 18.8 Å². The second kappa shape index (κ2) is 6.96. The first-order valence-corrected chi connectivity index (χ1v) is 7.64. The van der Waals surface area contributed by atoms with Gasteiger partial charge in [0.15, 0.2) is 4.90 Å². The molecule has 1 aromatic carbocycles. The lowest BCUT2D eigenvalue weighted by atomic mass is 10.3. The van der Waals surface area contributed by atoms with Gasteiger partial charge in [0.2, 0.25) is 10.0 Å². The number of nitrogens with two attached hydrogens (primary N) is 1. The molecule has 0 radical (unpaired) electrons. The van der Waals surface area contributed by atoms with Crippen LogP contribution in [-0.2, 0) is 10.0 Å². The molecule has 20 heavy (non-hydrogen) atoms. The van der Waals surface area contributed by atoms with E-state index in [0.29, 0.717) is 12.8 Å². The van der Waals surface area contributed by atoms with E-state index in [4.69, 9.17) is 10.8 Å². The molecule has 0 atom stereocenters. The van der Waals surface area contributed by atoms with E-state index in [1.807, 2.05) is 6.92 Å². The monoisotopic (exact) mass is 308 g/mol. The number of nitrogen functional groups attached to an aromatic ring is 1. The van der Waals surface area contributed by atoms with Crippen LogP contribution in [0.2, 0.25) is 0 Å². The van der Waals surface area contributed by atoms with Crippen molar-refractivity contribution in [2.75, 3.05) is 25.4 Å². The number of hydrogen-bond donors (Lipinski definition) is 2. The van der Waals surface area contributed by atoms with Gasteiger partial charge in [0.05, 0.1) is 6.61 Å². The number of rotatable bonds is 7. The van der Waals surface area contributed by atoms with Crippen LogP contribution in [0.25, 0.3) is 0 Å². The van der Waals surface area contributed by atoms with E-state index in [9.17, 15) is 17.2 Å². The van der Waals surface area contributed by atoms with Crippen molar-refractivity contribution in [2.45, 2.75) is 24.7 Å². The number of hydrogen-bond acceptors (Lipinski definition) is 4. The molecular weight excluding hydrogens is 290 g/mol. The van der Waals surface area contributed by atoms with Gasteiger partial charge >= 0.3 is 0 Å². The minimum absolute atomic E-state index is 0.0860. The van der Waals surface area contributed by atoms with Crippen LogP contribution in [0.4, 0.5) is 14.5 Å². The second-order valence-corrected chi connectivity index (χ2v) is 6.17. The Hall–Kier alpha value is -1.25. The predicted molar refractivity (Wildman–Crippen MR) is 71.5 cm³/mol. The molecule has 0 aliphatic heterocycles. The Morgan fingerprint density at radius 3 is 2.25 bits per heavy atom. The number of anilines is 1. The Bertz CT molecular complexity index is 541. The van der Waals surface area contributed by atoms with Gasteiger partial charge in [-0.1, -0.05) is 13.3 Å². The lowest BCUT2D eigenvalue weighted by Gasteiger charge is -2.21. The molecule has 1 rings (SSSR count). The molecule has 0 bridgehead atoms. The molecule has 1 aromatic rings. The number of nitrogens with zero attached hydrogens (tertiary/aromatic N) is 1. The fourth-order valence-corrected chi connectivity index (χ4v) is 3.31. The number of halogens is 2. The Balaban J connectivity index is 3.26. The molecule has 114 valence electrons. The van der Waals surface area contributed by atoms with Gasteiger partial charge < -0.3 is 10.8 Å². The molecule has 0 amide bonds. The summed E-state index contributed by atoms with van der Waals surface area (Å²) in [4.78, 5) is -1.03. The molecule has 0 saturated heterocycles. The average molecular weight is 308 g/mol. The Labute approximate surface area is 117 Å². The third-order valence-corrected chi connectivity index (χ3v) is 4.68. The van der Waals surface area contributed by atoms with Crippen molar-refractivity contribution in [3.63, 3.8) is 0 Å². The lowest BCUT2D eigenvalue weighted by molar-refractivity contribution is 0.251. The third kappa shape index (κ3) is 3.65. The van der Waals surface area contributed by atoms with E-state index in [1.54, 1.807) is 0 Å². The molecule has 0 aromatic heterocycles. The molecule has 0 unspecified atom stereocenters. The smallest absolute Gasteiger partial charge is 0.249 e. The largest absolute Gasteiger partial charge is 0.399 e. The van der Waals surface area contributed by atoms with Crippen LogP contribution >= 0.6 is 0 Å². The van der Waals surface area contributed by atoms with Crippen molar-refractivity contribution >= 4 is 15.7 Å². The topological polar surface area (TPSA) is 83.6 Å². The highest BCUT2D eigenvalue weighted by Gasteiger charge is 2.30. The first kappa shape index (κ1) is 16.8. The zero-order chi connectivity index (χ0) is 15.3. The second-order valence-electron chi connectivity index (χ2n) is 4.29. The molecule has 0 saturated carbocycles. The molecule has 0 aliphatic rings. The molecule has 8 heteroatoms. The molecule has 3 N–H and O–H groups in total. The number of benzene rings is 1. The first-order valence-electron chi connectivity index (χ1n) is 6.20. The Kier molecular flexibility index (Phi) is 5.85. The standard InChI is InChI=1S/C12H18F2N2O3S/c1-2-3-4-16(5-6-17)20(18,19)12-10(13)7-9(15)8-11(12)14/h7-8,17H,2-6,15H2,1H3. The molecule has 0 spiro atoms. The Morgan fingerprint density at radius 1 is 1.25 bits per heavy atom. The van der Waals surface area contributed by atoms with E-state index in [2.05, 4.69) is 0 Å². The minimum Gasteiger partial charge on any atom is -0.399 e. The van der Waals surface area contributed by atoms with Gasteiger partial charge in [0, 0.05) is 18.8 Å². The van der Waals surface area contributed by atoms with Gasteiger partial charge in [-0.25, -0.2) is 17.2 Å². The van der Waals surface area contributed by atoms with Crippen molar-refractivity contribution in [1.82, 2.24) is 4.31 Å². The number of sulfonamides is 1. The highest BCUT2D eigenvalue weighted by molar-refractivity contribution is 7.89. The van der Waals surface area contributed by atoms with E-state index < -0.39 is 33.2 Å². The average Bonchev–Trinajstić information content (AvgIpc) is 2.32. The summed E-state index contributed by atoms with van der Waals surface area (Å²) >= 11 is 0.